The van der Waals surface area contributed by atoms with Gasteiger partial charge in [0.15, 0.2) is 0 Å². The molecule has 1 heterocycles. The molecule has 19 heavy (non-hydrogen) atoms. The molecule has 110 valence electrons. The van der Waals surface area contributed by atoms with Gasteiger partial charge in [-0.1, -0.05) is 42.1 Å². The topological polar surface area (TPSA) is 20.3 Å². The van der Waals surface area contributed by atoms with E-state index < -0.39 is 0 Å². The quantitative estimate of drug-likeness (QED) is 0.686. The molecule has 1 unspecified atom stereocenters. The number of unbranched alkanes of at least 4 members (excludes halogenated alkanes) is 1. The number of alkyl halides is 1. The maximum absolute atomic E-state index is 12.6. The van der Waals surface area contributed by atoms with Crippen LogP contribution in [0.25, 0.3) is 0 Å². The first-order valence-corrected chi connectivity index (χ1v) is 9.24. The normalized spacial score (nSPS) is 31.7. The fraction of sp³-hybridized carbons (Fsp3) is 0.938. The molecule has 0 aromatic heterocycles. The van der Waals surface area contributed by atoms with Gasteiger partial charge in [-0.25, -0.2) is 0 Å². The lowest BCUT2D eigenvalue weighted by Gasteiger charge is -2.32. The molecule has 1 atom stereocenters. The third-order valence-electron chi connectivity index (χ3n) is 5.00. The highest BCUT2D eigenvalue weighted by Gasteiger charge is 2.34. The van der Waals surface area contributed by atoms with E-state index in [0.717, 1.165) is 30.6 Å². The van der Waals surface area contributed by atoms with Crippen LogP contribution in [0.5, 0.6) is 0 Å². The van der Waals surface area contributed by atoms with Gasteiger partial charge in [-0.05, 0) is 44.4 Å². The molecule has 2 fully saturated rings. The second kappa shape index (κ2) is 7.66. The van der Waals surface area contributed by atoms with Crippen LogP contribution >= 0.6 is 15.9 Å². The van der Waals surface area contributed by atoms with E-state index in [0.29, 0.717) is 17.9 Å². The van der Waals surface area contributed by atoms with Crippen LogP contribution in [0.1, 0.15) is 64.7 Å². The fourth-order valence-corrected chi connectivity index (χ4v) is 4.38. The average Bonchev–Trinajstić information content (AvgIpc) is 2.93. The third-order valence-corrected chi connectivity index (χ3v) is 5.75. The summed E-state index contributed by atoms with van der Waals surface area (Å²) >= 11 is 3.55. The Labute approximate surface area is 126 Å². The van der Waals surface area contributed by atoms with Gasteiger partial charge in [-0.2, -0.15) is 0 Å². The number of rotatable bonds is 5. The van der Waals surface area contributed by atoms with Gasteiger partial charge in [0.05, 0.1) is 0 Å². The minimum Gasteiger partial charge on any atom is -0.339 e. The van der Waals surface area contributed by atoms with E-state index >= 15 is 0 Å². The highest BCUT2D eigenvalue weighted by atomic mass is 79.9. The van der Waals surface area contributed by atoms with Crippen LogP contribution in [-0.2, 0) is 4.79 Å². The van der Waals surface area contributed by atoms with E-state index in [1.807, 2.05) is 0 Å². The molecule has 0 bridgehead atoms. The minimum atomic E-state index is 0.331. The zero-order chi connectivity index (χ0) is 13.7. The molecule has 1 aliphatic heterocycles. The number of carbonyl (C=O) groups is 1. The van der Waals surface area contributed by atoms with Crippen LogP contribution in [0.15, 0.2) is 0 Å². The van der Waals surface area contributed by atoms with Crippen molar-refractivity contribution < 1.29 is 4.79 Å². The van der Waals surface area contributed by atoms with Gasteiger partial charge < -0.3 is 4.90 Å². The maximum atomic E-state index is 12.6. The number of hydrogen-bond acceptors (Lipinski definition) is 1. The highest BCUT2D eigenvalue weighted by molar-refractivity contribution is 9.09. The summed E-state index contributed by atoms with van der Waals surface area (Å²) in [6.45, 7) is 3.26. The number of likely N-dealkylation sites (tertiary alicyclic amines) is 1. The van der Waals surface area contributed by atoms with Crippen LogP contribution < -0.4 is 0 Å². The summed E-state index contributed by atoms with van der Waals surface area (Å²) < 4.78 is 0. The van der Waals surface area contributed by atoms with E-state index in [4.69, 9.17) is 0 Å². The van der Waals surface area contributed by atoms with Gasteiger partial charge >= 0.3 is 0 Å². The monoisotopic (exact) mass is 329 g/mol. The Morgan fingerprint density at radius 1 is 1.21 bits per heavy atom. The first-order chi connectivity index (χ1) is 9.26. The first kappa shape index (κ1) is 15.3. The van der Waals surface area contributed by atoms with Crippen molar-refractivity contribution in [3.8, 4) is 0 Å². The Hall–Kier alpha value is -0.0500. The molecule has 2 rings (SSSR count). The van der Waals surface area contributed by atoms with Crippen LogP contribution in [-0.4, -0.2) is 28.7 Å². The Kier molecular flexibility index (Phi) is 6.18. The Morgan fingerprint density at radius 2 is 1.95 bits per heavy atom. The van der Waals surface area contributed by atoms with E-state index in [2.05, 4.69) is 27.8 Å². The summed E-state index contributed by atoms with van der Waals surface area (Å²) in [5, 5.41) is 0.949. The summed E-state index contributed by atoms with van der Waals surface area (Å²) in [7, 11) is 0. The number of halogens is 1. The van der Waals surface area contributed by atoms with Crippen molar-refractivity contribution >= 4 is 21.8 Å². The molecule has 0 aromatic carbocycles. The summed E-state index contributed by atoms with van der Waals surface area (Å²) in [4.78, 5) is 14.8. The minimum absolute atomic E-state index is 0.331. The molecule has 0 aromatic rings. The van der Waals surface area contributed by atoms with Crippen molar-refractivity contribution in [3.63, 3.8) is 0 Å². The Bertz CT molecular complexity index is 286. The predicted molar refractivity (Wildman–Crippen MR) is 83.5 cm³/mol. The van der Waals surface area contributed by atoms with Crippen molar-refractivity contribution in [1.82, 2.24) is 4.90 Å². The fourth-order valence-electron chi connectivity index (χ4n) is 3.71. The summed E-state index contributed by atoms with van der Waals surface area (Å²) in [5.41, 5.74) is 0. The van der Waals surface area contributed by atoms with Crippen molar-refractivity contribution in [2.24, 2.45) is 11.8 Å². The van der Waals surface area contributed by atoms with E-state index in [-0.39, 0.29) is 0 Å². The SMILES string of the molecule is CCCCC1CCC(C(=O)N2CCCC2CBr)CC1. The van der Waals surface area contributed by atoms with E-state index in [1.54, 1.807) is 0 Å². The van der Waals surface area contributed by atoms with Crippen LogP contribution in [0.4, 0.5) is 0 Å². The van der Waals surface area contributed by atoms with E-state index in [9.17, 15) is 4.79 Å². The molecule has 1 saturated heterocycles. The largest absolute Gasteiger partial charge is 0.339 e. The second-order valence-corrected chi connectivity index (χ2v) is 6.99. The molecule has 1 aliphatic carbocycles. The lowest BCUT2D eigenvalue weighted by atomic mass is 9.79. The van der Waals surface area contributed by atoms with Gasteiger partial charge in [0, 0.05) is 23.8 Å². The summed E-state index contributed by atoms with van der Waals surface area (Å²) in [6.07, 6.45) is 11.3. The van der Waals surface area contributed by atoms with Gasteiger partial charge in [-0.15, -0.1) is 0 Å². The molecular formula is C16H28BrNO. The smallest absolute Gasteiger partial charge is 0.225 e. The molecule has 1 amide bonds. The summed E-state index contributed by atoms with van der Waals surface area (Å²) in [5.74, 6) is 1.68. The third kappa shape index (κ3) is 3.96. The van der Waals surface area contributed by atoms with Crippen LogP contribution in [0.2, 0.25) is 0 Å². The molecule has 2 nitrogen and oxygen atoms in total. The highest BCUT2D eigenvalue weighted by Crippen LogP contribution is 2.34. The Balaban J connectivity index is 1.79. The second-order valence-electron chi connectivity index (χ2n) is 6.34. The van der Waals surface area contributed by atoms with Crippen molar-refractivity contribution in [3.05, 3.63) is 0 Å². The molecular weight excluding hydrogens is 302 g/mol. The lowest BCUT2D eigenvalue weighted by molar-refractivity contribution is -0.137. The molecule has 1 saturated carbocycles. The predicted octanol–water partition coefficient (Wildman–Crippen LogP) is 4.37. The van der Waals surface area contributed by atoms with Gasteiger partial charge in [0.2, 0.25) is 5.91 Å². The van der Waals surface area contributed by atoms with Crippen molar-refractivity contribution in [2.45, 2.75) is 70.8 Å². The summed E-state index contributed by atoms with van der Waals surface area (Å²) in [6, 6.07) is 0.463. The number of nitrogens with zero attached hydrogens (tertiary/aromatic N) is 1. The standard InChI is InChI=1S/C16H28BrNO/c1-2-3-5-13-7-9-14(10-8-13)16(19)18-11-4-6-15(18)12-17/h13-15H,2-12H2,1H3. The van der Waals surface area contributed by atoms with Crippen LogP contribution in [0, 0.1) is 11.8 Å². The molecule has 2 aliphatic rings. The number of amides is 1. The zero-order valence-corrected chi connectivity index (χ0v) is 13.8. The first-order valence-electron chi connectivity index (χ1n) is 8.12. The molecule has 0 spiro atoms. The number of hydrogen-bond donors (Lipinski definition) is 0. The van der Waals surface area contributed by atoms with Gasteiger partial charge in [0.25, 0.3) is 0 Å². The Morgan fingerprint density at radius 3 is 2.58 bits per heavy atom. The molecule has 0 N–H and O–H groups in total. The average molecular weight is 330 g/mol. The number of carbonyl (C=O) groups excluding carboxylic acids is 1. The van der Waals surface area contributed by atoms with Gasteiger partial charge in [0.1, 0.15) is 0 Å². The van der Waals surface area contributed by atoms with E-state index in [1.165, 1.54) is 44.9 Å². The van der Waals surface area contributed by atoms with Crippen LogP contribution in [0.3, 0.4) is 0 Å². The van der Waals surface area contributed by atoms with Crippen molar-refractivity contribution in [1.29, 1.82) is 0 Å². The zero-order valence-electron chi connectivity index (χ0n) is 12.2. The lowest BCUT2D eigenvalue weighted by Crippen LogP contribution is -2.41. The van der Waals surface area contributed by atoms with Crippen molar-refractivity contribution in [2.75, 3.05) is 11.9 Å². The van der Waals surface area contributed by atoms with Gasteiger partial charge in [-0.3, -0.25) is 4.79 Å². The molecule has 3 heteroatoms. The molecule has 0 radical (unpaired) electrons. The maximum Gasteiger partial charge on any atom is 0.225 e.